The zero-order valence-corrected chi connectivity index (χ0v) is 13.7. The van der Waals surface area contributed by atoms with Gasteiger partial charge in [0.2, 0.25) is 0 Å². The van der Waals surface area contributed by atoms with Gasteiger partial charge in [0.15, 0.2) is 5.57 Å². The van der Waals surface area contributed by atoms with E-state index in [-0.39, 0.29) is 5.57 Å². The van der Waals surface area contributed by atoms with E-state index in [2.05, 4.69) is 5.32 Å². The molecule has 1 aliphatic heterocycles. The van der Waals surface area contributed by atoms with Crippen LogP contribution in [0.1, 0.15) is 27.7 Å². The van der Waals surface area contributed by atoms with Crippen LogP contribution in [0.25, 0.3) is 0 Å². The molecule has 23 heavy (non-hydrogen) atoms. The number of hydrogen-bond acceptors (Lipinski definition) is 6. The van der Waals surface area contributed by atoms with E-state index in [9.17, 15) is 9.59 Å². The second-order valence-corrected chi connectivity index (χ2v) is 6.08. The number of benzene rings is 1. The molecule has 0 aliphatic carbocycles. The largest absolute Gasteiger partial charge is 0.491 e. The molecular weight excluding hydrogens is 298 g/mol. The minimum absolute atomic E-state index is 0.192. The van der Waals surface area contributed by atoms with Crippen LogP contribution in [0.2, 0.25) is 0 Å². The van der Waals surface area contributed by atoms with Crippen LogP contribution >= 0.6 is 0 Å². The molecule has 1 N–H and O–H groups in total. The van der Waals surface area contributed by atoms with Gasteiger partial charge in [0.1, 0.15) is 5.75 Å². The number of carbonyl (C=O) groups is 2. The van der Waals surface area contributed by atoms with E-state index in [1.165, 1.54) is 20.0 Å². The number of anilines is 1. The van der Waals surface area contributed by atoms with Gasteiger partial charge in [-0.1, -0.05) is 26.0 Å². The minimum atomic E-state index is -1.25. The summed E-state index contributed by atoms with van der Waals surface area (Å²) in [5.74, 6) is -1.68. The Bertz CT molecular complexity index is 612. The first-order valence-electron chi connectivity index (χ1n) is 7.44. The van der Waals surface area contributed by atoms with Crippen LogP contribution in [0.4, 0.5) is 5.69 Å². The molecule has 6 nitrogen and oxygen atoms in total. The highest BCUT2D eigenvalue weighted by atomic mass is 16.7. The lowest BCUT2D eigenvalue weighted by Gasteiger charge is -2.29. The number of esters is 2. The van der Waals surface area contributed by atoms with E-state index < -0.39 is 17.7 Å². The number of cyclic esters (lactones) is 2. The Morgan fingerprint density at radius 1 is 1.17 bits per heavy atom. The quantitative estimate of drug-likeness (QED) is 0.511. The lowest BCUT2D eigenvalue weighted by atomic mass is 10.2. The van der Waals surface area contributed by atoms with Gasteiger partial charge < -0.3 is 19.5 Å². The SMILES string of the molecule is CC(C)COc1ccccc1NC=C1C(=O)OC(C)(C)OC1=O. The first-order chi connectivity index (χ1) is 10.8. The van der Waals surface area contributed by atoms with E-state index in [0.717, 1.165) is 0 Å². The standard InChI is InChI=1S/C17H21NO5/c1-11(2)10-21-14-8-6-5-7-13(14)18-9-12-15(19)22-17(3,4)23-16(12)20/h5-9,11,18H,10H2,1-4H3. The van der Waals surface area contributed by atoms with Gasteiger partial charge in [-0.05, 0) is 18.1 Å². The molecule has 0 amide bonds. The number of ether oxygens (including phenoxy) is 3. The van der Waals surface area contributed by atoms with Crippen molar-refractivity contribution in [3.63, 3.8) is 0 Å². The Morgan fingerprint density at radius 3 is 2.39 bits per heavy atom. The summed E-state index contributed by atoms with van der Waals surface area (Å²) in [4.78, 5) is 23.8. The third-order valence-electron chi connectivity index (χ3n) is 2.95. The lowest BCUT2D eigenvalue weighted by molar-refractivity contribution is -0.222. The molecular formula is C17H21NO5. The summed E-state index contributed by atoms with van der Waals surface area (Å²) in [7, 11) is 0. The van der Waals surface area contributed by atoms with E-state index in [4.69, 9.17) is 14.2 Å². The zero-order valence-electron chi connectivity index (χ0n) is 13.7. The Labute approximate surface area is 135 Å². The third-order valence-corrected chi connectivity index (χ3v) is 2.95. The van der Waals surface area contributed by atoms with Gasteiger partial charge >= 0.3 is 11.9 Å². The van der Waals surface area contributed by atoms with Gasteiger partial charge in [0, 0.05) is 20.0 Å². The second kappa shape index (κ2) is 6.73. The smallest absolute Gasteiger partial charge is 0.350 e. The van der Waals surface area contributed by atoms with Crippen LogP contribution in [-0.4, -0.2) is 24.3 Å². The Balaban J connectivity index is 2.14. The van der Waals surface area contributed by atoms with Gasteiger partial charge in [0.25, 0.3) is 5.79 Å². The predicted molar refractivity (Wildman–Crippen MR) is 84.7 cm³/mol. The predicted octanol–water partition coefficient (Wildman–Crippen LogP) is 2.85. The topological polar surface area (TPSA) is 73.9 Å². The number of para-hydroxylation sites is 2. The normalized spacial score (nSPS) is 16.7. The molecule has 0 saturated carbocycles. The van der Waals surface area contributed by atoms with Crippen LogP contribution in [-0.2, 0) is 19.1 Å². The average molecular weight is 319 g/mol. The maximum atomic E-state index is 11.9. The summed E-state index contributed by atoms with van der Waals surface area (Å²) in [5.41, 5.74) is 0.453. The third kappa shape index (κ3) is 4.48. The summed E-state index contributed by atoms with van der Waals surface area (Å²) in [6, 6.07) is 7.27. The zero-order chi connectivity index (χ0) is 17.0. The fourth-order valence-electron chi connectivity index (χ4n) is 1.90. The van der Waals surface area contributed by atoms with Gasteiger partial charge in [0.05, 0.1) is 12.3 Å². The molecule has 0 bridgehead atoms. The molecule has 2 rings (SSSR count). The van der Waals surface area contributed by atoms with Crippen LogP contribution in [0.3, 0.4) is 0 Å². The van der Waals surface area contributed by atoms with Crippen LogP contribution in [0.5, 0.6) is 5.75 Å². The molecule has 6 heteroatoms. The summed E-state index contributed by atoms with van der Waals surface area (Å²) >= 11 is 0. The van der Waals surface area contributed by atoms with Gasteiger partial charge in [-0.25, -0.2) is 9.59 Å². The molecule has 0 atom stereocenters. The second-order valence-electron chi connectivity index (χ2n) is 6.08. The number of carbonyl (C=O) groups excluding carboxylic acids is 2. The van der Waals surface area contributed by atoms with E-state index in [1.54, 1.807) is 6.07 Å². The highest BCUT2D eigenvalue weighted by Crippen LogP contribution is 2.26. The molecule has 1 aromatic rings. The van der Waals surface area contributed by atoms with E-state index in [1.807, 2.05) is 32.0 Å². The molecule has 1 heterocycles. The van der Waals surface area contributed by atoms with Crippen LogP contribution in [0, 0.1) is 5.92 Å². The molecule has 1 aliphatic rings. The summed E-state index contributed by atoms with van der Waals surface area (Å²) in [6.07, 6.45) is 1.28. The van der Waals surface area contributed by atoms with Crippen LogP contribution in [0.15, 0.2) is 36.0 Å². The van der Waals surface area contributed by atoms with Crippen molar-refractivity contribution < 1.29 is 23.8 Å². The molecule has 0 unspecified atom stereocenters. The summed E-state index contributed by atoms with van der Waals surface area (Å²) in [5, 5.41) is 2.91. The van der Waals surface area contributed by atoms with Crippen molar-refractivity contribution in [3.8, 4) is 5.75 Å². The fourth-order valence-corrected chi connectivity index (χ4v) is 1.90. The number of hydrogen-bond donors (Lipinski definition) is 1. The van der Waals surface area contributed by atoms with Gasteiger partial charge in [-0.15, -0.1) is 0 Å². The van der Waals surface area contributed by atoms with Crippen molar-refractivity contribution >= 4 is 17.6 Å². The highest BCUT2D eigenvalue weighted by Gasteiger charge is 2.38. The maximum absolute atomic E-state index is 11.9. The highest BCUT2D eigenvalue weighted by molar-refractivity contribution is 6.15. The molecule has 0 spiro atoms. The van der Waals surface area contributed by atoms with Crippen molar-refractivity contribution in [1.29, 1.82) is 0 Å². The van der Waals surface area contributed by atoms with Crippen LogP contribution < -0.4 is 10.1 Å². The molecule has 124 valence electrons. The summed E-state index contributed by atoms with van der Waals surface area (Å²) in [6.45, 7) is 7.67. The molecule has 1 saturated heterocycles. The molecule has 0 aromatic heterocycles. The Morgan fingerprint density at radius 2 is 1.78 bits per heavy atom. The number of nitrogens with one attached hydrogen (secondary N) is 1. The monoisotopic (exact) mass is 319 g/mol. The Hall–Kier alpha value is -2.50. The molecule has 1 fully saturated rings. The van der Waals surface area contributed by atoms with Crippen molar-refractivity contribution in [3.05, 3.63) is 36.0 Å². The average Bonchev–Trinajstić information content (AvgIpc) is 2.44. The van der Waals surface area contributed by atoms with Crippen molar-refractivity contribution in [2.75, 3.05) is 11.9 Å². The molecule has 1 aromatic carbocycles. The molecule has 0 radical (unpaired) electrons. The van der Waals surface area contributed by atoms with Gasteiger partial charge in [-0.3, -0.25) is 0 Å². The fraction of sp³-hybridized carbons (Fsp3) is 0.412. The number of rotatable bonds is 5. The maximum Gasteiger partial charge on any atom is 0.350 e. The van der Waals surface area contributed by atoms with E-state index in [0.29, 0.717) is 24.0 Å². The van der Waals surface area contributed by atoms with Crippen molar-refractivity contribution in [2.45, 2.75) is 33.5 Å². The minimum Gasteiger partial charge on any atom is -0.491 e. The van der Waals surface area contributed by atoms with Crippen molar-refractivity contribution in [1.82, 2.24) is 0 Å². The Kier molecular flexibility index (Phi) is 4.93. The van der Waals surface area contributed by atoms with Crippen molar-refractivity contribution in [2.24, 2.45) is 5.92 Å². The van der Waals surface area contributed by atoms with Gasteiger partial charge in [-0.2, -0.15) is 0 Å². The van der Waals surface area contributed by atoms with E-state index >= 15 is 0 Å². The lowest BCUT2D eigenvalue weighted by Crippen LogP contribution is -2.42. The first kappa shape index (κ1) is 16.9. The first-order valence-corrected chi connectivity index (χ1v) is 7.44. The summed E-state index contributed by atoms with van der Waals surface area (Å²) < 4.78 is 15.8.